The van der Waals surface area contributed by atoms with Gasteiger partial charge < -0.3 is 15.4 Å². The van der Waals surface area contributed by atoms with E-state index in [2.05, 4.69) is 16.7 Å². The van der Waals surface area contributed by atoms with E-state index >= 15 is 0 Å². The quantitative estimate of drug-likeness (QED) is 0.701. The maximum absolute atomic E-state index is 12.5. The Hall–Kier alpha value is -3.00. The molecule has 5 nitrogen and oxygen atoms in total. The molecule has 3 rings (SSSR count). The molecule has 1 fully saturated rings. The van der Waals surface area contributed by atoms with Crippen LogP contribution in [0.15, 0.2) is 42.5 Å². The number of amides is 1. The van der Waals surface area contributed by atoms with Crippen LogP contribution in [0.25, 0.3) is 0 Å². The second-order valence-corrected chi connectivity index (χ2v) is 7.25. The van der Waals surface area contributed by atoms with E-state index in [-0.39, 0.29) is 5.91 Å². The maximum atomic E-state index is 12.5. The van der Waals surface area contributed by atoms with Crippen molar-refractivity contribution in [1.82, 2.24) is 5.32 Å². The van der Waals surface area contributed by atoms with Crippen LogP contribution in [0.1, 0.15) is 53.6 Å². The number of ether oxygens (including phenoxy) is 1. The van der Waals surface area contributed by atoms with E-state index in [0.29, 0.717) is 30.3 Å². The number of carbonyl (C=O) groups is 1. The maximum Gasteiger partial charge on any atom is 0.251 e. The van der Waals surface area contributed by atoms with Crippen molar-refractivity contribution in [3.63, 3.8) is 0 Å². The first-order valence-corrected chi connectivity index (χ1v) is 9.94. The van der Waals surface area contributed by atoms with Gasteiger partial charge in [0.2, 0.25) is 0 Å². The van der Waals surface area contributed by atoms with Crippen LogP contribution >= 0.6 is 0 Å². The first-order valence-electron chi connectivity index (χ1n) is 9.94. The third-order valence-corrected chi connectivity index (χ3v) is 5.10. The molecule has 0 saturated heterocycles. The van der Waals surface area contributed by atoms with E-state index in [1.165, 1.54) is 19.3 Å². The van der Waals surface area contributed by atoms with E-state index in [0.717, 1.165) is 29.8 Å². The van der Waals surface area contributed by atoms with Gasteiger partial charge in [0, 0.05) is 23.8 Å². The number of nitriles is 1. The van der Waals surface area contributed by atoms with Gasteiger partial charge in [-0.1, -0.05) is 19.3 Å². The molecule has 1 amide bonds. The number of benzene rings is 2. The Morgan fingerprint density at radius 2 is 1.89 bits per heavy atom. The highest BCUT2D eigenvalue weighted by molar-refractivity contribution is 5.95. The van der Waals surface area contributed by atoms with Gasteiger partial charge in [-0.25, -0.2) is 0 Å². The Kier molecular flexibility index (Phi) is 6.91. The lowest BCUT2D eigenvalue weighted by Gasteiger charge is -2.23. The minimum atomic E-state index is 0.0192. The molecule has 2 N–H and O–H groups in total. The zero-order valence-electron chi connectivity index (χ0n) is 16.3. The average molecular weight is 377 g/mol. The summed E-state index contributed by atoms with van der Waals surface area (Å²) in [7, 11) is 0. The van der Waals surface area contributed by atoms with Crippen LogP contribution in [0, 0.1) is 18.3 Å². The molecule has 0 atom stereocenters. The lowest BCUT2D eigenvalue weighted by atomic mass is 9.95. The zero-order chi connectivity index (χ0) is 19.8. The van der Waals surface area contributed by atoms with E-state index in [9.17, 15) is 4.79 Å². The van der Waals surface area contributed by atoms with Gasteiger partial charge in [-0.2, -0.15) is 5.26 Å². The topological polar surface area (TPSA) is 74.2 Å². The van der Waals surface area contributed by atoms with Crippen LogP contribution in [0.2, 0.25) is 0 Å². The van der Waals surface area contributed by atoms with Crippen molar-refractivity contribution in [1.29, 1.82) is 5.26 Å². The molecule has 2 aromatic carbocycles. The van der Waals surface area contributed by atoms with Crippen LogP contribution < -0.4 is 15.4 Å². The SMILES string of the molecule is Cc1cc(C(=O)NC2CCCCC2)ccc1NCCOc1ccc(C#N)cc1. The standard InChI is InChI=1S/C23H27N3O2/c1-17-15-19(23(27)26-20-5-3-2-4-6-20)9-12-22(17)25-13-14-28-21-10-7-18(16-24)8-11-21/h7-12,15,20,25H,2-6,13-14H2,1H3,(H,26,27). The van der Waals surface area contributed by atoms with Crippen molar-refractivity contribution >= 4 is 11.6 Å². The normalized spacial score (nSPS) is 14.1. The molecule has 146 valence electrons. The average Bonchev–Trinajstić information content (AvgIpc) is 2.73. The van der Waals surface area contributed by atoms with E-state index in [4.69, 9.17) is 10.00 Å². The Labute approximate surface area is 166 Å². The van der Waals surface area contributed by atoms with Gasteiger partial charge in [-0.15, -0.1) is 0 Å². The molecule has 2 aromatic rings. The number of anilines is 1. The van der Waals surface area contributed by atoms with Crippen molar-refractivity contribution in [3.05, 3.63) is 59.2 Å². The van der Waals surface area contributed by atoms with Crippen molar-refractivity contribution < 1.29 is 9.53 Å². The molecule has 0 bridgehead atoms. The van der Waals surface area contributed by atoms with Crippen LogP contribution in [0.4, 0.5) is 5.69 Å². The molecule has 0 spiro atoms. The number of nitrogens with one attached hydrogen (secondary N) is 2. The van der Waals surface area contributed by atoms with Crippen molar-refractivity contribution in [2.24, 2.45) is 0 Å². The molecule has 0 radical (unpaired) electrons. The fraction of sp³-hybridized carbons (Fsp3) is 0.391. The minimum absolute atomic E-state index is 0.0192. The lowest BCUT2D eigenvalue weighted by molar-refractivity contribution is 0.0927. The van der Waals surface area contributed by atoms with Gasteiger partial charge in [0.15, 0.2) is 0 Å². The van der Waals surface area contributed by atoms with Crippen molar-refractivity contribution in [3.8, 4) is 11.8 Å². The van der Waals surface area contributed by atoms with Gasteiger partial charge in [0.25, 0.3) is 5.91 Å². The van der Waals surface area contributed by atoms with Crippen LogP contribution in [-0.2, 0) is 0 Å². The van der Waals surface area contributed by atoms with Crippen LogP contribution in [-0.4, -0.2) is 25.1 Å². The second-order valence-electron chi connectivity index (χ2n) is 7.25. The summed E-state index contributed by atoms with van der Waals surface area (Å²) in [6, 6.07) is 15.2. The molecule has 1 saturated carbocycles. The summed E-state index contributed by atoms with van der Waals surface area (Å²) in [5.41, 5.74) is 3.36. The van der Waals surface area contributed by atoms with Gasteiger partial charge in [0.1, 0.15) is 12.4 Å². The van der Waals surface area contributed by atoms with Gasteiger partial charge in [0.05, 0.1) is 11.6 Å². The third-order valence-electron chi connectivity index (χ3n) is 5.10. The molecule has 0 unspecified atom stereocenters. The second kappa shape index (κ2) is 9.80. The molecule has 0 aromatic heterocycles. The van der Waals surface area contributed by atoms with Gasteiger partial charge in [-0.3, -0.25) is 4.79 Å². The summed E-state index contributed by atoms with van der Waals surface area (Å²) in [6.45, 7) is 3.16. The first kappa shape index (κ1) is 19.8. The summed E-state index contributed by atoms with van der Waals surface area (Å²) in [5.74, 6) is 0.762. The van der Waals surface area contributed by atoms with E-state index < -0.39 is 0 Å². The third kappa shape index (κ3) is 5.50. The highest BCUT2D eigenvalue weighted by Crippen LogP contribution is 2.20. The lowest BCUT2D eigenvalue weighted by Crippen LogP contribution is -2.36. The molecule has 28 heavy (non-hydrogen) atoms. The number of hydrogen-bond acceptors (Lipinski definition) is 4. The smallest absolute Gasteiger partial charge is 0.251 e. The summed E-state index contributed by atoms with van der Waals surface area (Å²) in [4.78, 5) is 12.5. The predicted octanol–water partition coefficient (Wildman–Crippen LogP) is 4.42. The molecule has 1 aliphatic rings. The fourth-order valence-electron chi connectivity index (χ4n) is 3.50. The molecule has 0 heterocycles. The summed E-state index contributed by atoms with van der Waals surface area (Å²) in [6.07, 6.45) is 5.86. The number of aryl methyl sites for hydroxylation is 1. The highest BCUT2D eigenvalue weighted by Gasteiger charge is 2.17. The fourth-order valence-corrected chi connectivity index (χ4v) is 3.50. The Morgan fingerprint density at radius 3 is 2.57 bits per heavy atom. The number of rotatable bonds is 7. The number of hydrogen-bond donors (Lipinski definition) is 2. The van der Waals surface area contributed by atoms with Gasteiger partial charge in [-0.05, 0) is 67.8 Å². The Morgan fingerprint density at radius 1 is 1.14 bits per heavy atom. The molecular formula is C23H27N3O2. The summed E-state index contributed by atoms with van der Waals surface area (Å²) in [5, 5.41) is 15.3. The van der Waals surface area contributed by atoms with Crippen molar-refractivity contribution in [2.45, 2.75) is 45.1 Å². The van der Waals surface area contributed by atoms with Gasteiger partial charge >= 0.3 is 0 Å². The zero-order valence-corrected chi connectivity index (χ0v) is 16.3. The first-order chi connectivity index (χ1) is 13.7. The molecule has 1 aliphatic carbocycles. The van der Waals surface area contributed by atoms with Crippen molar-refractivity contribution in [2.75, 3.05) is 18.5 Å². The predicted molar refractivity (Wildman–Crippen MR) is 111 cm³/mol. The largest absolute Gasteiger partial charge is 0.492 e. The van der Waals surface area contributed by atoms with E-state index in [1.54, 1.807) is 24.3 Å². The summed E-state index contributed by atoms with van der Waals surface area (Å²) >= 11 is 0. The molecule has 0 aliphatic heterocycles. The van der Waals surface area contributed by atoms with Crippen LogP contribution in [0.3, 0.4) is 0 Å². The Balaban J connectivity index is 1.46. The molecule has 5 heteroatoms. The minimum Gasteiger partial charge on any atom is -0.492 e. The Bertz CT molecular complexity index is 834. The summed E-state index contributed by atoms with van der Waals surface area (Å²) < 4.78 is 5.68. The highest BCUT2D eigenvalue weighted by atomic mass is 16.5. The number of carbonyl (C=O) groups excluding carboxylic acids is 1. The number of nitrogens with zero attached hydrogens (tertiary/aromatic N) is 1. The molecular weight excluding hydrogens is 350 g/mol. The van der Waals surface area contributed by atoms with E-state index in [1.807, 2.05) is 25.1 Å². The monoisotopic (exact) mass is 377 g/mol. The van der Waals surface area contributed by atoms with Crippen LogP contribution in [0.5, 0.6) is 5.75 Å².